The molecule has 0 aliphatic heterocycles. The van der Waals surface area contributed by atoms with Crippen LogP contribution in [0.15, 0.2) is 54.1 Å². The molecular formula is C21H16ClN3O. The van der Waals surface area contributed by atoms with Crippen molar-refractivity contribution in [2.45, 2.75) is 13.8 Å². The lowest BCUT2D eigenvalue weighted by molar-refractivity contribution is -0.112. The zero-order valence-corrected chi connectivity index (χ0v) is 15.1. The van der Waals surface area contributed by atoms with Crippen molar-refractivity contribution < 1.29 is 4.79 Å². The van der Waals surface area contributed by atoms with E-state index in [-0.39, 0.29) is 10.7 Å². The molecule has 0 fully saturated rings. The van der Waals surface area contributed by atoms with Crippen LogP contribution in [0.3, 0.4) is 0 Å². The standard InChI is InChI=1S/C21H16ClN3O/c1-13-4-3-5-18(8-13)24-21(26)17(12-23)11-16-10-15-7-6-14(2)9-19(15)25-20(16)22/h3-11H,1-2H3,(H,24,26)/b17-11+. The first-order valence-electron chi connectivity index (χ1n) is 8.03. The summed E-state index contributed by atoms with van der Waals surface area (Å²) in [5.41, 5.74) is 3.99. The topological polar surface area (TPSA) is 65.8 Å². The molecule has 0 spiro atoms. The number of hydrogen-bond acceptors (Lipinski definition) is 3. The molecule has 26 heavy (non-hydrogen) atoms. The summed E-state index contributed by atoms with van der Waals surface area (Å²) in [5, 5.41) is 13.3. The second-order valence-corrected chi connectivity index (χ2v) is 6.42. The minimum absolute atomic E-state index is 0.0401. The van der Waals surface area contributed by atoms with Gasteiger partial charge in [-0.2, -0.15) is 5.26 Å². The van der Waals surface area contributed by atoms with E-state index in [1.807, 2.05) is 62.4 Å². The van der Waals surface area contributed by atoms with Crippen LogP contribution in [-0.2, 0) is 4.79 Å². The summed E-state index contributed by atoms with van der Waals surface area (Å²) < 4.78 is 0. The zero-order valence-electron chi connectivity index (χ0n) is 14.4. The fraction of sp³-hybridized carbons (Fsp3) is 0.0952. The number of nitrogens with zero attached hydrogens (tertiary/aromatic N) is 2. The highest BCUT2D eigenvalue weighted by Crippen LogP contribution is 2.24. The van der Waals surface area contributed by atoms with Gasteiger partial charge in [-0.3, -0.25) is 4.79 Å². The van der Waals surface area contributed by atoms with Crippen molar-refractivity contribution >= 4 is 40.2 Å². The van der Waals surface area contributed by atoms with Gasteiger partial charge in [0.2, 0.25) is 0 Å². The van der Waals surface area contributed by atoms with Crippen molar-refractivity contribution in [2.24, 2.45) is 0 Å². The Labute approximate surface area is 156 Å². The first-order valence-corrected chi connectivity index (χ1v) is 8.41. The monoisotopic (exact) mass is 361 g/mol. The van der Waals surface area contributed by atoms with E-state index in [1.165, 1.54) is 6.08 Å². The van der Waals surface area contributed by atoms with Crippen LogP contribution >= 0.6 is 11.6 Å². The predicted molar refractivity (Wildman–Crippen MR) is 105 cm³/mol. The Kier molecular flexibility index (Phi) is 5.01. The average Bonchev–Trinajstić information content (AvgIpc) is 2.59. The van der Waals surface area contributed by atoms with Crippen LogP contribution in [0.4, 0.5) is 5.69 Å². The zero-order chi connectivity index (χ0) is 18.7. The Morgan fingerprint density at radius 3 is 2.65 bits per heavy atom. The predicted octanol–water partition coefficient (Wildman–Crippen LogP) is 5.05. The van der Waals surface area contributed by atoms with Gasteiger partial charge in [0.15, 0.2) is 0 Å². The van der Waals surface area contributed by atoms with Crippen LogP contribution < -0.4 is 5.32 Å². The second kappa shape index (κ2) is 7.38. The minimum atomic E-state index is -0.488. The number of aromatic nitrogens is 1. The molecule has 128 valence electrons. The fourth-order valence-corrected chi connectivity index (χ4v) is 2.80. The second-order valence-electron chi connectivity index (χ2n) is 6.06. The molecule has 0 saturated carbocycles. The highest BCUT2D eigenvalue weighted by atomic mass is 35.5. The number of pyridine rings is 1. The number of nitrogens with one attached hydrogen (secondary N) is 1. The van der Waals surface area contributed by atoms with E-state index in [1.54, 1.807) is 6.07 Å². The van der Waals surface area contributed by atoms with Crippen molar-refractivity contribution in [1.82, 2.24) is 4.98 Å². The van der Waals surface area contributed by atoms with Crippen LogP contribution in [-0.4, -0.2) is 10.9 Å². The summed E-state index contributed by atoms with van der Waals surface area (Å²) in [7, 11) is 0. The number of hydrogen-bond donors (Lipinski definition) is 1. The Hall–Kier alpha value is -3.16. The number of anilines is 1. The van der Waals surface area contributed by atoms with Crippen LogP contribution in [0.25, 0.3) is 17.0 Å². The number of carbonyl (C=O) groups is 1. The van der Waals surface area contributed by atoms with Gasteiger partial charge in [0.05, 0.1) is 5.52 Å². The summed E-state index contributed by atoms with van der Waals surface area (Å²) in [6.07, 6.45) is 1.46. The van der Waals surface area contributed by atoms with E-state index in [0.717, 1.165) is 22.0 Å². The lowest BCUT2D eigenvalue weighted by atomic mass is 10.1. The smallest absolute Gasteiger partial charge is 0.266 e. The minimum Gasteiger partial charge on any atom is -0.321 e. The van der Waals surface area contributed by atoms with Crippen LogP contribution in [0.2, 0.25) is 5.15 Å². The molecular weight excluding hydrogens is 346 g/mol. The molecule has 3 rings (SSSR count). The quantitative estimate of drug-likeness (QED) is 0.403. The number of fused-ring (bicyclic) bond motifs is 1. The summed E-state index contributed by atoms with van der Waals surface area (Å²) in [4.78, 5) is 16.8. The first kappa shape index (κ1) is 17.7. The lowest BCUT2D eigenvalue weighted by Gasteiger charge is -2.06. The van der Waals surface area contributed by atoms with Crippen molar-refractivity contribution in [3.63, 3.8) is 0 Å². The van der Waals surface area contributed by atoms with Crippen molar-refractivity contribution in [1.29, 1.82) is 5.26 Å². The van der Waals surface area contributed by atoms with Gasteiger partial charge in [-0.05, 0) is 55.3 Å². The third-order valence-corrected chi connectivity index (χ3v) is 4.20. The lowest BCUT2D eigenvalue weighted by Crippen LogP contribution is -2.13. The molecule has 4 nitrogen and oxygen atoms in total. The number of rotatable bonds is 3. The molecule has 0 bridgehead atoms. The van der Waals surface area contributed by atoms with E-state index in [4.69, 9.17) is 11.6 Å². The van der Waals surface area contributed by atoms with Gasteiger partial charge in [0.1, 0.15) is 16.8 Å². The van der Waals surface area contributed by atoms with Gasteiger partial charge in [0, 0.05) is 16.6 Å². The summed E-state index contributed by atoms with van der Waals surface area (Å²) in [6.45, 7) is 3.91. The molecule has 0 aliphatic carbocycles. The maximum atomic E-state index is 12.4. The average molecular weight is 362 g/mol. The Balaban J connectivity index is 1.94. The van der Waals surface area contributed by atoms with E-state index >= 15 is 0 Å². The maximum absolute atomic E-state index is 12.4. The van der Waals surface area contributed by atoms with Crippen molar-refractivity contribution in [3.8, 4) is 6.07 Å². The summed E-state index contributed by atoms with van der Waals surface area (Å²) in [5.74, 6) is -0.488. The molecule has 0 saturated heterocycles. The molecule has 1 amide bonds. The third kappa shape index (κ3) is 3.90. The molecule has 0 atom stereocenters. The largest absolute Gasteiger partial charge is 0.321 e. The highest BCUT2D eigenvalue weighted by molar-refractivity contribution is 6.31. The molecule has 1 aromatic heterocycles. The van der Waals surface area contributed by atoms with E-state index in [2.05, 4.69) is 10.3 Å². The molecule has 0 unspecified atom stereocenters. The van der Waals surface area contributed by atoms with Gasteiger partial charge < -0.3 is 5.32 Å². The van der Waals surface area contributed by atoms with Crippen molar-refractivity contribution in [3.05, 3.63) is 75.9 Å². The molecule has 2 aromatic carbocycles. The number of aryl methyl sites for hydroxylation is 2. The third-order valence-electron chi connectivity index (χ3n) is 3.89. The van der Waals surface area contributed by atoms with Gasteiger partial charge in [-0.1, -0.05) is 35.9 Å². The molecule has 1 heterocycles. The summed E-state index contributed by atoms with van der Waals surface area (Å²) in [6, 6.07) is 17.0. The highest BCUT2D eigenvalue weighted by Gasteiger charge is 2.12. The SMILES string of the molecule is Cc1cccc(NC(=O)/C(C#N)=C/c2cc3ccc(C)cc3nc2Cl)c1. The maximum Gasteiger partial charge on any atom is 0.266 e. The number of nitriles is 1. The van der Waals surface area contributed by atoms with Crippen LogP contribution in [0.5, 0.6) is 0 Å². The normalized spacial score (nSPS) is 11.2. The van der Waals surface area contributed by atoms with E-state index in [9.17, 15) is 10.1 Å². The van der Waals surface area contributed by atoms with Crippen LogP contribution in [0.1, 0.15) is 16.7 Å². The Morgan fingerprint density at radius 2 is 1.92 bits per heavy atom. The van der Waals surface area contributed by atoms with Crippen LogP contribution in [0, 0.1) is 25.2 Å². The molecule has 5 heteroatoms. The van der Waals surface area contributed by atoms with E-state index < -0.39 is 5.91 Å². The first-order chi connectivity index (χ1) is 12.5. The fourth-order valence-electron chi connectivity index (χ4n) is 2.60. The van der Waals surface area contributed by atoms with Gasteiger partial charge in [-0.15, -0.1) is 0 Å². The molecule has 0 radical (unpaired) electrons. The number of carbonyl (C=O) groups excluding carboxylic acids is 1. The molecule has 0 aliphatic rings. The summed E-state index contributed by atoms with van der Waals surface area (Å²) >= 11 is 6.25. The van der Waals surface area contributed by atoms with Gasteiger partial charge in [0.25, 0.3) is 5.91 Å². The van der Waals surface area contributed by atoms with Crippen molar-refractivity contribution in [2.75, 3.05) is 5.32 Å². The van der Waals surface area contributed by atoms with E-state index in [0.29, 0.717) is 11.3 Å². The van der Waals surface area contributed by atoms with Gasteiger partial charge in [-0.25, -0.2) is 4.98 Å². The van der Waals surface area contributed by atoms with Gasteiger partial charge >= 0.3 is 0 Å². The number of benzene rings is 2. The molecule has 3 aromatic rings. The molecule has 1 N–H and O–H groups in total. The Bertz CT molecular complexity index is 1080. The number of halogens is 1. The Morgan fingerprint density at radius 1 is 1.15 bits per heavy atom. The number of amides is 1.